The van der Waals surface area contributed by atoms with Gasteiger partial charge in [-0.3, -0.25) is 0 Å². The molecule has 7 heteroatoms. The Bertz CT molecular complexity index is 257. The average molecular weight is 260 g/mol. The molecule has 0 saturated heterocycles. The summed E-state index contributed by atoms with van der Waals surface area (Å²) in [6, 6.07) is 0. The van der Waals surface area contributed by atoms with Crippen LogP contribution in [0.5, 0.6) is 0 Å². The lowest BCUT2D eigenvalue weighted by Gasteiger charge is -2.16. The van der Waals surface area contributed by atoms with Crippen LogP contribution in [0.15, 0.2) is 0 Å². The molecule has 2 atom stereocenters. The highest BCUT2D eigenvalue weighted by Gasteiger charge is 2.20. The second-order valence-corrected chi connectivity index (χ2v) is 5.66. The predicted octanol–water partition coefficient (Wildman–Crippen LogP) is 0.195. The van der Waals surface area contributed by atoms with Crippen molar-refractivity contribution in [2.24, 2.45) is 0 Å². The largest absolute Gasteiger partial charge is 0.382 e. The topological polar surface area (TPSA) is 64.6 Å². The summed E-state index contributed by atoms with van der Waals surface area (Å²) in [7, 11) is -0.319. The van der Waals surface area contributed by atoms with Crippen LogP contribution in [0.3, 0.4) is 0 Å². The molecule has 5 nitrogen and oxygen atoms in total. The molecule has 92 valence electrons. The Hall–Kier alpha value is 0.120. The van der Waals surface area contributed by atoms with Gasteiger partial charge in [-0.15, -0.1) is 11.6 Å². The molecular weight excluding hydrogens is 242 g/mol. The number of ether oxygens (including phenoxy) is 2. The van der Waals surface area contributed by atoms with Crippen LogP contribution in [-0.2, 0) is 19.5 Å². The Morgan fingerprint density at radius 3 is 2.40 bits per heavy atom. The average Bonchev–Trinajstić information content (AvgIpc) is 2.22. The van der Waals surface area contributed by atoms with Gasteiger partial charge in [0.05, 0.1) is 18.0 Å². The Morgan fingerprint density at radius 1 is 1.40 bits per heavy atom. The monoisotopic (exact) mass is 259 g/mol. The molecule has 0 spiro atoms. The van der Waals surface area contributed by atoms with E-state index in [1.807, 2.05) is 0 Å². The summed E-state index contributed by atoms with van der Waals surface area (Å²) in [5.74, 6) is 0.0667. The number of halogens is 1. The first-order valence-electron chi connectivity index (χ1n) is 4.54. The van der Waals surface area contributed by atoms with Crippen molar-refractivity contribution in [3.8, 4) is 0 Å². The minimum Gasteiger partial charge on any atom is -0.382 e. The lowest BCUT2D eigenvalue weighted by atomic mass is 10.4. The van der Waals surface area contributed by atoms with Crippen molar-refractivity contribution in [1.82, 2.24) is 4.72 Å². The summed E-state index contributed by atoms with van der Waals surface area (Å²) in [6.45, 7) is 2.08. The normalized spacial score (nSPS) is 16.3. The van der Waals surface area contributed by atoms with Crippen molar-refractivity contribution in [3.63, 3.8) is 0 Å². The Morgan fingerprint density at radius 2 is 2.00 bits per heavy atom. The molecular formula is C8H18ClNO4S. The van der Waals surface area contributed by atoms with E-state index in [2.05, 4.69) is 4.72 Å². The maximum atomic E-state index is 11.5. The van der Waals surface area contributed by atoms with Crippen molar-refractivity contribution in [2.75, 3.05) is 33.3 Å². The van der Waals surface area contributed by atoms with Crippen LogP contribution >= 0.6 is 11.6 Å². The van der Waals surface area contributed by atoms with Crippen molar-refractivity contribution >= 4 is 21.6 Å². The number of hydrogen-bond acceptors (Lipinski definition) is 4. The molecule has 0 aliphatic carbocycles. The first-order chi connectivity index (χ1) is 6.97. The fourth-order valence-electron chi connectivity index (χ4n) is 0.830. The van der Waals surface area contributed by atoms with Crippen LogP contribution in [0, 0.1) is 0 Å². The predicted molar refractivity (Wildman–Crippen MR) is 59.8 cm³/mol. The molecule has 0 bridgehead atoms. The van der Waals surface area contributed by atoms with Crippen molar-refractivity contribution in [1.29, 1.82) is 0 Å². The summed E-state index contributed by atoms with van der Waals surface area (Å²) in [5.41, 5.74) is 0. The zero-order valence-electron chi connectivity index (χ0n) is 9.20. The van der Waals surface area contributed by atoms with Crippen LogP contribution in [0.1, 0.15) is 6.92 Å². The summed E-state index contributed by atoms with van der Waals surface area (Å²) >= 11 is 5.47. The molecule has 15 heavy (non-hydrogen) atoms. The molecule has 0 saturated carbocycles. The van der Waals surface area contributed by atoms with Gasteiger partial charge in [0.1, 0.15) is 0 Å². The molecule has 0 aromatic heterocycles. The Balaban J connectivity index is 4.12. The van der Waals surface area contributed by atoms with Crippen LogP contribution < -0.4 is 4.72 Å². The fraction of sp³-hybridized carbons (Fsp3) is 1.00. The molecule has 1 N–H and O–H groups in total. The third-order valence-corrected chi connectivity index (χ3v) is 4.39. The minimum atomic E-state index is -3.35. The summed E-state index contributed by atoms with van der Waals surface area (Å²) < 4.78 is 35.3. The Kier molecular flexibility index (Phi) is 7.46. The van der Waals surface area contributed by atoms with Crippen molar-refractivity contribution < 1.29 is 17.9 Å². The van der Waals surface area contributed by atoms with Gasteiger partial charge in [-0.2, -0.15) is 0 Å². The molecule has 0 aliphatic rings. The Labute approximate surface area is 96.1 Å². The lowest BCUT2D eigenvalue weighted by molar-refractivity contribution is 0.0319. The molecule has 2 unspecified atom stereocenters. The van der Waals surface area contributed by atoms with E-state index >= 15 is 0 Å². The zero-order chi connectivity index (χ0) is 11.9. The summed E-state index contributed by atoms with van der Waals surface area (Å²) in [4.78, 5) is 0. The quantitative estimate of drug-likeness (QED) is 0.633. The number of hydrogen-bond donors (Lipinski definition) is 1. The fourth-order valence-corrected chi connectivity index (χ4v) is 2.20. The van der Waals surface area contributed by atoms with E-state index in [-0.39, 0.29) is 18.5 Å². The van der Waals surface area contributed by atoms with Gasteiger partial charge in [-0.1, -0.05) is 0 Å². The van der Waals surface area contributed by atoms with Crippen molar-refractivity contribution in [2.45, 2.75) is 18.3 Å². The van der Waals surface area contributed by atoms with Gasteiger partial charge >= 0.3 is 0 Å². The first-order valence-corrected chi connectivity index (χ1v) is 6.62. The van der Waals surface area contributed by atoms with E-state index in [4.69, 9.17) is 21.1 Å². The van der Waals surface area contributed by atoms with E-state index in [0.29, 0.717) is 6.61 Å². The highest BCUT2D eigenvalue weighted by atomic mass is 35.5. The second kappa shape index (κ2) is 7.40. The van der Waals surface area contributed by atoms with Crippen molar-refractivity contribution in [3.05, 3.63) is 0 Å². The van der Waals surface area contributed by atoms with E-state index in [0.717, 1.165) is 0 Å². The van der Waals surface area contributed by atoms with Crippen LogP contribution in [0.4, 0.5) is 0 Å². The molecule has 0 aromatic rings. The second-order valence-electron chi connectivity index (χ2n) is 3.17. The molecule has 0 fully saturated rings. The molecule has 0 aliphatic heterocycles. The van der Waals surface area contributed by atoms with Gasteiger partial charge in [-0.05, 0) is 6.92 Å². The van der Waals surface area contributed by atoms with E-state index in [1.54, 1.807) is 6.92 Å². The van der Waals surface area contributed by atoms with Gasteiger partial charge < -0.3 is 9.47 Å². The molecule has 0 amide bonds. The van der Waals surface area contributed by atoms with Gasteiger partial charge in [-0.25, -0.2) is 13.1 Å². The van der Waals surface area contributed by atoms with Gasteiger partial charge in [0, 0.05) is 26.6 Å². The van der Waals surface area contributed by atoms with Crippen LogP contribution in [-0.4, -0.2) is 53.0 Å². The van der Waals surface area contributed by atoms with Crippen LogP contribution in [0.25, 0.3) is 0 Å². The van der Waals surface area contributed by atoms with Gasteiger partial charge in [0.15, 0.2) is 0 Å². The SMILES string of the molecule is COCC(CNS(=O)(=O)C(C)CCl)OC. The molecule has 0 heterocycles. The van der Waals surface area contributed by atoms with E-state index in [1.165, 1.54) is 14.2 Å². The maximum absolute atomic E-state index is 11.5. The first kappa shape index (κ1) is 15.1. The maximum Gasteiger partial charge on any atom is 0.215 e. The number of sulfonamides is 1. The highest BCUT2D eigenvalue weighted by Crippen LogP contribution is 2.01. The standard InChI is InChI=1S/C8H18ClNO4S/c1-7(4-9)15(11,12)10-5-8(14-3)6-13-2/h7-8,10H,4-6H2,1-3H3. The highest BCUT2D eigenvalue weighted by molar-refractivity contribution is 7.90. The smallest absolute Gasteiger partial charge is 0.215 e. The third-order valence-electron chi connectivity index (χ3n) is 1.95. The van der Waals surface area contributed by atoms with Gasteiger partial charge in [0.25, 0.3) is 0 Å². The van der Waals surface area contributed by atoms with Crippen LogP contribution in [0.2, 0.25) is 0 Å². The number of methoxy groups -OCH3 is 2. The summed E-state index contributed by atoms with van der Waals surface area (Å²) in [5, 5.41) is -0.612. The third kappa shape index (κ3) is 5.67. The zero-order valence-corrected chi connectivity index (χ0v) is 10.8. The number of alkyl halides is 1. The van der Waals surface area contributed by atoms with E-state index < -0.39 is 15.3 Å². The van der Waals surface area contributed by atoms with Gasteiger partial charge in [0.2, 0.25) is 10.0 Å². The number of rotatable bonds is 8. The minimum absolute atomic E-state index is 0.0667. The molecule has 0 rings (SSSR count). The summed E-state index contributed by atoms with van der Waals surface area (Å²) in [6.07, 6.45) is -0.285. The molecule has 0 aromatic carbocycles. The number of nitrogens with one attached hydrogen (secondary N) is 1. The van der Waals surface area contributed by atoms with E-state index in [9.17, 15) is 8.42 Å². The molecule has 0 radical (unpaired) electrons. The lowest BCUT2D eigenvalue weighted by Crippen LogP contribution is -2.40.